The Bertz CT molecular complexity index is 794. The first-order valence-electron chi connectivity index (χ1n) is 7.78. The molecule has 25 heavy (non-hydrogen) atoms. The third kappa shape index (κ3) is 4.73. The molecule has 0 aromatic heterocycles. The number of nitrogens with one attached hydrogen (secondary N) is 1. The van der Waals surface area contributed by atoms with E-state index in [0.29, 0.717) is 16.9 Å². The van der Waals surface area contributed by atoms with Crippen LogP contribution in [0.1, 0.15) is 31.1 Å². The van der Waals surface area contributed by atoms with Gasteiger partial charge in [0, 0.05) is 11.3 Å². The van der Waals surface area contributed by atoms with Crippen molar-refractivity contribution in [2.75, 3.05) is 18.2 Å². The van der Waals surface area contributed by atoms with Gasteiger partial charge in [-0.2, -0.15) is 0 Å². The van der Waals surface area contributed by atoms with Crippen molar-refractivity contribution in [1.29, 1.82) is 0 Å². The molecule has 2 aromatic carbocycles. The van der Waals surface area contributed by atoms with Crippen LogP contribution in [0.2, 0.25) is 0 Å². The highest BCUT2D eigenvalue weighted by Crippen LogP contribution is 2.30. The lowest BCUT2D eigenvalue weighted by molar-refractivity contribution is 0.0599. The number of rotatable bonds is 3. The molecule has 3 N–H and O–H groups in total. The summed E-state index contributed by atoms with van der Waals surface area (Å²) in [7, 11) is 1.30. The first kappa shape index (κ1) is 18.3. The highest BCUT2D eigenvalue weighted by Gasteiger charge is 2.18. The molecule has 0 atom stereocenters. The number of anilines is 2. The van der Waals surface area contributed by atoms with Gasteiger partial charge in [-0.15, -0.1) is 0 Å². The molecule has 0 bridgehead atoms. The van der Waals surface area contributed by atoms with E-state index in [1.54, 1.807) is 45.0 Å². The maximum Gasteiger partial charge on any atom is 0.412 e. The smallest absolute Gasteiger partial charge is 0.412 e. The number of carbonyl (C=O) groups excluding carboxylic acids is 2. The van der Waals surface area contributed by atoms with E-state index in [0.717, 1.165) is 11.1 Å². The summed E-state index contributed by atoms with van der Waals surface area (Å²) < 4.78 is 9.98. The Morgan fingerprint density at radius 3 is 2.36 bits per heavy atom. The molecular formula is C19H22N2O4. The quantitative estimate of drug-likeness (QED) is 0.648. The minimum atomic E-state index is -0.592. The Morgan fingerprint density at radius 1 is 1.08 bits per heavy atom. The van der Waals surface area contributed by atoms with Crippen LogP contribution in [-0.4, -0.2) is 24.8 Å². The molecule has 2 rings (SSSR count). The van der Waals surface area contributed by atoms with E-state index < -0.39 is 17.7 Å². The first-order valence-corrected chi connectivity index (χ1v) is 7.78. The van der Waals surface area contributed by atoms with Gasteiger partial charge < -0.3 is 15.2 Å². The third-order valence-corrected chi connectivity index (χ3v) is 3.33. The van der Waals surface area contributed by atoms with Crippen molar-refractivity contribution in [3.8, 4) is 11.1 Å². The van der Waals surface area contributed by atoms with Crippen LogP contribution in [0.15, 0.2) is 42.5 Å². The average Bonchev–Trinajstić information content (AvgIpc) is 2.52. The maximum absolute atomic E-state index is 12.0. The maximum atomic E-state index is 12.0. The predicted octanol–water partition coefficient (Wildman–Crippen LogP) is 4.07. The summed E-state index contributed by atoms with van der Waals surface area (Å²) in [6.45, 7) is 5.39. The number of ether oxygens (including phenoxy) is 2. The lowest BCUT2D eigenvalue weighted by Crippen LogP contribution is -2.27. The zero-order valence-corrected chi connectivity index (χ0v) is 14.8. The van der Waals surface area contributed by atoms with Crippen molar-refractivity contribution < 1.29 is 19.1 Å². The SMILES string of the molecule is COC(=O)c1ccc(-c2ccccc2NC(=O)OC(C)(C)C)cc1N. The fraction of sp³-hybridized carbons (Fsp3) is 0.263. The molecule has 2 aromatic rings. The van der Waals surface area contributed by atoms with Gasteiger partial charge in [-0.3, -0.25) is 5.32 Å². The number of hydrogen-bond acceptors (Lipinski definition) is 5. The Morgan fingerprint density at radius 2 is 1.76 bits per heavy atom. The summed E-state index contributed by atoms with van der Waals surface area (Å²) >= 11 is 0. The average molecular weight is 342 g/mol. The summed E-state index contributed by atoms with van der Waals surface area (Å²) in [6, 6.07) is 12.3. The van der Waals surface area contributed by atoms with E-state index in [4.69, 9.17) is 15.2 Å². The zero-order chi connectivity index (χ0) is 18.6. The summed E-state index contributed by atoms with van der Waals surface area (Å²) in [6.07, 6.45) is -0.542. The molecule has 0 spiro atoms. The van der Waals surface area contributed by atoms with Gasteiger partial charge in [0.2, 0.25) is 0 Å². The van der Waals surface area contributed by atoms with Crippen molar-refractivity contribution in [2.24, 2.45) is 0 Å². The second-order valence-corrected chi connectivity index (χ2v) is 6.47. The van der Waals surface area contributed by atoms with Gasteiger partial charge >= 0.3 is 12.1 Å². The van der Waals surface area contributed by atoms with Gasteiger partial charge in [-0.05, 0) is 44.5 Å². The van der Waals surface area contributed by atoms with E-state index in [1.807, 2.05) is 18.2 Å². The van der Waals surface area contributed by atoms with Gasteiger partial charge in [0.05, 0.1) is 18.4 Å². The molecule has 0 aliphatic carbocycles. The largest absolute Gasteiger partial charge is 0.465 e. The lowest BCUT2D eigenvalue weighted by Gasteiger charge is -2.20. The molecule has 132 valence electrons. The van der Waals surface area contributed by atoms with Crippen molar-refractivity contribution >= 4 is 23.4 Å². The fourth-order valence-electron chi connectivity index (χ4n) is 2.28. The molecule has 0 fully saturated rings. The van der Waals surface area contributed by atoms with Gasteiger partial charge in [-0.1, -0.05) is 24.3 Å². The highest BCUT2D eigenvalue weighted by atomic mass is 16.6. The van der Waals surface area contributed by atoms with Crippen LogP contribution in [0.25, 0.3) is 11.1 Å². The monoisotopic (exact) mass is 342 g/mol. The van der Waals surface area contributed by atoms with Crippen LogP contribution < -0.4 is 11.1 Å². The van der Waals surface area contributed by atoms with Crippen LogP contribution in [0.4, 0.5) is 16.2 Å². The number of nitrogen functional groups attached to an aromatic ring is 1. The van der Waals surface area contributed by atoms with E-state index in [2.05, 4.69) is 5.32 Å². The minimum absolute atomic E-state index is 0.295. The van der Waals surface area contributed by atoms with E-state index in [9.17, 15) is 9.59 Å². The van der Waals surface area contributed by atoms with E-state index >= 15 is 0 Å². The van der Waals surface area contributed by atoms with Crippen molar-refractivity contribution in [2.45, 2.75) is 26.4 Å². The topological polar surface area (TPSA) is 90.6 Å². The summed E-state index contributed by atoms with van der Waals surface area (Å²) in [5, 5.41) is 2.74. The molecule has 0 heterocycles. The number of carbonyl (C=O) groups is 2. The standard InChI is InChI=1S/C19H22N2O4/c1-19(2,3)25-18(23)21-16-8-6-5-7-13(16)12-9-10-14(15(20)11-12)17(22)24-4/h5-11H,20H2,1-4H3,(H,21,23). The van der Waals surface area contributed by atoms with Crippen molar-refractivity contribution in [1.82, 2.24) is 0 Å². The van der Waals surface area contributed by atoms with Crippen molar-refractivity contribution in [3.05, 3.63) is 48.0 Å². The van der Waals surface area contributed by atoms with Crippen molar-refractivity contribution in [3.63, 3.8) is 0 Å². The van der Waals surface area contributed by atoms with Crippen LogP contribution >= 0.6 is 0 Å². The Kier molecular flexibility index (Phi) is 5.32. The highest BCUT2D eigenvalue weighted by molar-refractivity contribution is 5.97. The minimum Gasteiger partial charge on any atom is -0.465 e. The number of methoxy groups -OCH3 is 1. The molecule has 0 radical (unpaired) electrons. The third-order valence-electron chi connectivity index (χ3n) is 3.33. The molecule has 0 unspecified atom stereocenters. The molecule has 0 saturated carbocycles. The van der Waals surface area contributed by atoms with E-state index in [1.165, 1.54) is 7.11 Å². The molecule has 1 amide bonds. The summed E-state index contributed by atoms with van der Waals surface area (Å²) in [5.41, 5.74) is 8.07. The zero-order valence-electron chi connectivity index (χ0n) is 14.8. The van der Waals surface area contributed by atoms with Crippen LogP contribution in [0, 0.1) is 0 Å². The van der Waals surface area contributed by atoms with Crippen LogP contribution in [-0.2, 0) is 9.47 Å². The van der Waals surface area contributed by atoms with Gasteiger partial charge in [0.25, 0.3) is 0 Å². The predicted molar refractivity (Wildman–Crippen MR) is 97.5 cm³/mol. The Balaban J connectivity index is 2.33. The molecule has 0 aliphatic rings. The molecule has 0 aliphatic heterocycles. The molecule has 6 nitrogen and oxygen atoms in total. The van der Waals surface area contributed by atoms with Crippen LogP contribution in [0.3, 0.4) is 0 Å². The fourth-order valence-corrected chi connectivity index (χ4v) is 2.28. The number of esters is 1. The number of para-hydroxylation sites is 1. The molecule has 6 heteroatoms. The Hall–Kier alpha value is -3.02. The lowest BCUT2D eigenvalue weighted by atomic mass is 10.0. The van der Waals surface area contributed by atoms with Crippen LogP contribution in [0.5, 0.6) is 0 Å². The Labute approximate surface area is 146 Å². The van der Waals surface area contributed by atoms with Gasteiger partial charge in [-0.25, -0.2) is 9.59 Å². The second kappa shape index (κ2) is 7.25. The number of nitrogens with two attached hydrogens (primary N) is 1. The number of hydrogen-bond donors (Lipinski definition) is 2. The second-order valence-electron chi connectivity index (χ2n) is 6.47. The summed E-state index contributed by atoms with van der Waals surface area (Å²) in [5.74, 6) is -0.496. The summed E-state index contributed by atoms with van der Waals surface area (Å²) in [4.78, 5) is 23.7. The number of amides is 1. The van der Waals surface area contributed by atoms with Gasteiger partial charge in [0.1, 0.15) is 5.60 Å². The molecular weight excluding hydrogens is 320 g/mol. The normalized spacial score (nSPS) is 10.9. The van der Waals surface area contributed by atoms with Gasteiger partial charge in [0.15, 0.2) is 0 Å². The number of benzene rings is 2. The van der Waals surface area contributed by atoms with E-state index in [-0.39, 0.29) is 0 Å². The molecule has 0 saturated heterocycles. The first-order chi connectivity index (χ1) is 11.7.